The van der Waals surface area contributed by atoms with Gasteiger partial charge in [-0.25, -0.2) is 4.98 Å². The molecule has 1 fully saturated rings. The molecule has 0 spiro atoms. The van der Waals surface area contributed by atoms with Crippen LogP contribution in [0.4, 0.5) is 5.82 Å². The fourth-order valence-electron chi connectivity index (χ4n) is 2.67. The zero-order valence-electron chi connectivity index (χ0n) is 14.0. The van der Waals surface area contributed by atoms with Gasteiger partial charge >= 0.3 is 0 Å². The monoisotopic (exact) mass is 318 g/mol. The first-order chi connectivity index (χ1) is 11.1. The van der Waals surface area contributed by atoms with E-state index in [1.165, 1.54) is 0 Å². The highest BCUT2D eigenvalue weighted by Crippen LogP contribution is 2.17. The summed E-state index contributed by atoms with van der Waals surface area (Å²) in [5, 5.41) is 6.20. The summed E-state index contributed by atoms with van der Waals surface area (Å²) in [5.41, 5.74) is 1.13. The topological polar surface area (TPSA) is 74.3 Å². The van der Waals surface area contributed by atoms with Crippen molar-refractivity contribution in [3.63, 3.8) is 0 Å². The maximum atomic E-state index is 12.2. The molecule has 0 saturated carbocycles. The lowest BCUT2D eigenvalue weighted by atomic mass is 9.96. The molecule has 0 aliphatic carbocycles. The van der Waals surface area contributed by atoms with Gasteiger partial charge in [-0.05, 0) is 38.3 Å². The highest BCUT2D eigenvalue weighted by molar-refractivity contribution is 5.83. The van der Waals surface area contributed by atoms with E-state index < -0.39 is 0 Å². The quantitative estimate of drug-likeness (QED) is 0.748. The van der Waals surface area contributed by atoms with E-state index in [9.17, 15) is 9.59 Å². The van der Waals surface area contributed by atoms with Gasteiger partial charge in [0.25, 0.3) is 0 Å². The molecule has 2 rings (SSSR count). The molecule has 126 valence electrons. The van der Waals surface area contributed by atoms with Crippen molar-refractivity contribution < 1.29 is 9.59 Å². The van der Waals surface area contributed by atoms with Gasteiger partial charge < -0.3 is 15.5 Å². The van der Waals surface area contributed by atoms with Crippen molar-refractivity contribution in [1.82, 2.24) is 15.2 Å². The number of piperidine rings is 1. The number of carbonyl (C=O) groups excluding carboxylic acids is 2. The Bertz CT molecular complexity index is 530. The van der Waals surface area contributed by atoms with Gasteiger partial charge in [0, 0.05) is 38.8 Å². The average Bonchev–Trinajstić information content (AvgIpc) is 2.56. The van der Waals surface area contributed by atoms with Gasteiger partial charge in [-0.15, -0.1) is 0 Å². The minimum absolute atomic E-state index is 0.0596. The van der Waals surface area contributed by atoms with Gasteiger partial charge in [-0.2, -0.15) is 0 Å². The first-order valence-corrected chi connectivity index (χ1v) is 8.32. The van der Waals surface area contributed by atoms with E-state index in [1.807, 2.05) is 32.2 Å². The second kappa shape index (κ2) is 8.50. The van der Waals surface area contributed by atoms with E-state index in [0.717, 1.165) is 24.3 Å². The van der Waals surface area contributed by atoms with Crippen molar-refractivity contribution >= 4 is 17.6 Å². The number of hydrogen-bond acceptors (Lipinski definition) is 4. The summed E-state index contributed by atoms with van der Waals surface area (Å²) in [5.74, 6) is 1.00. The van der Waals surface area contributed by atoms with Crippen LogP contribution in [0.1, 0.15) is 31.7 Å². The average molecular weight is 318 g/mol. The fraction of sp³-hybridized carbons (Fsp3) is 0.588. The van der Waals surface area contributed by atoms with Crippen LogP contribution in [-0.4, -0.2) is 47.9 Å². The van der Waals surface area contributed by atoms with E-state index in [4.69, 9.17) is 0 Å². The Hall–Kier alpha value is -2.11. The first-order valence-electron chi connectivity index (χ1n) is 8.32. The Morgan fingerprint density at radius 2 is 2.22 bits per heavy atom. The highest BCUT2D eigenvalue weighted by Gasteiger charge is 2.28. The molecule has 0 aromatic carbocycles. The number of pyridine rings is 1. The zero-order valence-corrected chi connectivity index (χ0v) is 14.0. The van der Waals surface area contributed by atoms with Crippen molar-refractivity contribution in [3.05, 3.63) is 23.9 Å². The van der Waals surface area contributed by atoms with Crippen molar-refractivity contribution in [1.29, 1.82) is 0 Å². The lowest BCUT2D eigenvalue weighted by Gasteiger charge is -2.31. The van der Waals surface area contributed by atoms with Crippen LogP contribution >= 0.6 is 0 Å². The lowest BCUT2D eigenvalue weighted by molar-refractivity contribution is -0.138. The molecule has 1 aliphatic heterocycles. The van der Waals surface area contributed by atoms with Crippen molar-refractivity contribution in [2.75, 3.05) is 31.5 Å². The third-order valence-electron chi connectivity index (χ3n) is 4.12. The lowest BCUT2D eigenvalue weighted by Crippen LogP contribution is -2.45. The summed E-state index contributed by atoms with van der Waals surface area (Å²) in [6.45, 7) is 6.57. The van der Waals surface area contributed by atoms with E-state index >= 15 is 0 Å². The van der Waals surface area contributed by atoms with Crippen molar-refractivity contribution in [2.45, 2.75) is 33.1 Å². The summed E-state index contributed by atoms with van der Waals surface area (Å²) in [6.07, 6.45) is 3.80. The van der Waals surface area contributed by atoms with E-state index in [0.29, 0.717) is 32.5 Å². The first kappa shape index (κ1) is 17.2. The Morgan fingerprint density at radius 3 is 2.91 bits per heavy atom. The van der Waals surface area contributed by atoms with E-state index in [2.05, 4.69) is 15.6 Å². The second-order valence-corrected chi connectivity index (χ2v) is 5.96. The number of likely N-dealkylation sites (tertiary alicyclic amines) is 1. The largest absolute Gasteiger partial charge is 0.370 e. The molecule has 0 bridgehead atoms. The number of amides is 2. The van der Waals surface area contributed by atoms with Gasteiger partial charge in [0.1, 0.15) is 5.82 Å². The number of nitrogens with zero attached hydrogens (tertiary/aromatic N) is 2. The Labute approximate surface area is 137 Å². The molecule has 2 amide bonds. The van der Waals surface area contributed by atoms with Crippen LogP contribution in [0.15, 0.2) is 18.3 Å². The SMILES string of the molecule is CCN1CC(C(=O)NCCCNc2ccc(C)cn2)CCC1=O. The van der Waals surface area contributed by atoms with Crippen LogP contribution in [-0.2, 0) is 9.59 Å². The number of aromatic nitrogens is 1. The maximum Gasteiger partial charge on any atom is 0.224 e. The predicted molar refractivity (Wildman–Crippen MR) is 90.1 cm³/mol. The molecule has 6 heteroatoms. The van der Waals surface area contributed by atoms with Gasteiger partial charge in [-0.3, -0.25) is 9.59 Å². The third kappa shape index (κ3) is 5.23. The minimum Gasteiger partial charge on any atom is -0.370 e. The third-order valence-corrected chi connectivity index (χ3v) is 4.12. The van der Waals surface area contributed by atoms with Gasteiger partial charge in [0.05, 0.1) is 5.92 Å². The van der Waals surface area contributed by atoms with Crippen LogP contribution in [0, 0.1) is 12.8 Å². The summed E-state index contributed by atoms with van der Waals surface area (Å²) in [7, 11) is 0. The molecule has 23 heavy (non-hydrogen) atoms. The molecule has 1 aromatic rings. The van der Waals surface area contributed by atoms with Gasteiger partial charge in [0.2, 0.25) is 11.8 Å². The summed E-state index contributed by atoms with van der Waals surface area (Å²) < 4.78 is 0. The molecule has 6 nitrogen and oxygen atoms in total. The number of hydrogen-bond donors (Lipinski definition) is 2. The Kier molecular flexibility index (Phi) is 6.38. The minimum atomic E-state index is -0.0700. The van der Waals surface area contributed by atoms with E-state index in [1.54, 1.807) is 4.90 Å². The van der Waals surface area contributed by atoms with Gasteiger partial charge in [0.15, 0.2) is 0 Å². The molecule has 2 N–H and O–H groups in total. The van der Waals surface area contributed by atoms with Crippen LogP contribution in [0.25, 0.3) is 0 Å². The van der Waals surface area contributed by atoms with Crippen LogP contribution in [0.2, 0.25) is 0 Å². The number of nitrogens with one attached hydrogen (secondary N) is 2. The molecular formula is C17H26N4O2. The second-order valence-electron chi connectivity index (χ2n) is 5.96. The highest BCUT2D eigenvalue weighted by atomic mass is 16.2. The van der Waals surface area contributed by atoms with Crippen molar-refractivity contribution in [2.24, 2.45) is 5.92 Å². The molecule has 1 unspecified atom stereocenters. The smallest absolute Gasteiger partial charge is 0.224 e. The summed E-state index contributed by atoms with van der Waals surface area (Å²) in [6, 6.07) is 3.97. The number of anilines is 1. The standard InChI is InChI=1S/C17H26N4O2/c1-3-21-12-14(6-8-16(21)22)17(23)19-10-4-9-18-15-7-5-13(2)11-20-15/h5,7,11,14H,3-4,6,8-10,12H2,1-2H3,(H,18,20)(H,19,23). The maximum absolute atomic E-state index is 12.2. The predicted octanol–water partition coefficient (Wildman–Crippen LogP) is 1.57. The molecular weight excluding hydrogens is 292 g/mol. The van der Waals surface area contributed by atoms with Crippen LogP contribution in [0.5, 0.6) is 0 Å². The molecule has 1 aliphatic rings. The number of rotatable bonds is 7. The van der Waals surface area contributed by atoms with Crippen LogP contribution in [0.3, 0.4) is 0 Å². The normalized spacial score (nSPS) is 17.9. The summed E-state index contributed by atoms with van der Waals surface area (Å²) >= 11 is 0. The van der Waals surface area contributed by atoms with Gasteiger partial charge in [-0.1, -0.05) is 6.07 Å². The number of carbonyl (C=O) groups is 2. The summed E-state index contributed by atoms with van der Waals surface area (Å²) in [4.78, 5) is 29.8. The zero-order chi connectivity index (χ0) is 16.7. The molecule has 1 saturated heterocycles. The molecule has 1 aromatic heterocycles. The molecule has 0 radical (unpaired) electrons. The van der Waals surface area contributed by atoms with Crippen LogP contribution < -0.4 is 10.6 Å². The Balaban J connectivity index is 1.63. The Morgan fingerprint density at radius 1 is 1.39 bits per heavy atom. The molecule has 2 heterocycles. The fourth-order valence-corrected chi connectivity index (χ4v) is 2.67. The van der Waals surface area contributed by atoms with E-state index in [-0.39, 0.29) is 17.7 Å². The van der Waals surface area contributed by atoms with Crippen molar-refractivity contribution in [3.8, 4) is 0 Å². The number of aryl methyl sites for hydroxylation is 1. The molecule has 1 atom stereocenters.